The largest absolute Gasteiger partial charge is 0.444 e. The van der Waals surface area contributed by atoms with Gasteiger partial charge in [0.2, 0.25) is 0 Å². The highest BCUT2D eigenvalue weighted by atomic mass is 16.6. The molecular formula is C47H58N4O5. The topological polar surface area (TPSA) is 102 Å². The summed E-state index contributed by atoms with van der Waals surface area (Å²) in [5.41, 5.74) is 5.26. The van der Waals surface area contributed by atoms with E-state index in [4.69, 9.17) is 9.47 Å². The van der Waals surface area contributed by atoms with Crippen LogP contribution in [0.2, 0.25) is 0 Å². The molecule has 6 rings (SSSR count). The van der Waals surface area contributed by atoms with Crippen LogP contribution in [-0.4, -0.2) is 75.1 Å². The molecule has 2 unspecified atom stereocenters. The van der Waals surface area contributed by atoms with Crippen LogP contribution in [0.25, 0.3) is 22.3 Å². The Hall–Kier alpha value is -5.05. The summed E-state index contributed by atoms with van der Waals surface area (Å²) >= 11 is 0. The number of piperidine rings is 2. The SMILES string of the molecule is CC(C)(C)OC(=O)N1CCC(C(Cc2ccccc2-c2cccnc2)C(=O)C(Cc2ccccc2-c2cccnc2)C2CCN(C(=O)OC(C)(C)C)CC2)CC1. The molecule has 2 aliphatic rings. The molecule has 0 radical (unpaired) electrons. The highest BCUT2D eigenvalue weighted by Crippen LogP contribution is 2.39. The maximum Gasteiger partial charge on any atom is 0.410 e. The van der Waals surface area contributed by atoms with Gasteiger partial charge in [-0.1, -0.05) is 60.7 Å². The van der Waals surface area contributed by atoms with Crippen LogP contribution in [0.4, 0.5) is 9.59 Å². The zero-order valence-electron chi connectivity index (χ0n) is 33.9. The van der Waals surface area contributed by atoms with Crippen molar-refractivity contribution in [2.75, 3.05) is 26.2 Å². The predicted molar refractivity (Wildman–Crippen MR) is 220 cm³/mol. The smallest absolute Gasteiger partial charge is 0.410 e. The Kier molecular flexibility index (Phi) is 12.9. The molecule has 2 saturated heterocycles. The molecule has 4 aromatic rings. The number of likely N-dealkylation sites (tertiary alicyclic amines) is 2. The molecular weight excluding hydrogens is 701 g/mol. The minimum Gasteiger partial charge on any atom is -0.444 e. The van der Waals surface area contributed by atoms with Crippen molar-refractivity contribution < 1.29 is 23.9 Å². The third-order valence-corrected chi connectivity index (χ3v) is 11.1. The summed E-state index contributed by atoms with van der Waals surface area (Å²) in [5, 5.41) is 0. The third kappa shape index (κ3) is 10.6. The Morgan fingerprint density at radius 1 is 0.589 bits per heavy atom. The van der Waals surface area contributed by atoms with Gasteiger partial charge in [-0.25, -0.2) is 9.59 Å². The highest BCUT2D eigenvalue weighted by Gasteiger charge is 2.41. The van der Waals surface area contributed by atoms with E-state index in [1.54, 1.807) is 22.2 Å². The minimum atomic E-state index is -0.583. The van der Waals surface area contributed by atoms with Crippen molar-refractivity contribution in [3.05, 3.63) is 109 Å². The number of pyridine rings is 2. The Morgan fingerprint density at radius 2 is 0.964 bits per heavy atom. The van der Waals surface area contributed by atoms with E-state index in [-0.39, 0.29) is 41.6 Å². The number of aromatic nitrogens is 2. The van der Waals surface area contributed by atoms with E-state index < -0.39 is 11.2 Å². The van der Waals surface area contributed by atoms with Gasteiger partial charge in [-0.05, 0) is 126 Å². The van der Waals surface area contributed by atoms with Gasteiger partial charge in [-0.15, -0.1) is 0 Å². The lowest BCUT2D eigenvalue weighted by Crippen LogP contribution is -2.47. The van der Waals surface area contributed by atoms with Crippen molar-refractivity contribution in [3.63, 3.8) is 0 Å². The summed E-state index contributed by atoms with van der Waals surface area (Å²) in [7, 11) is 0. The van der Waals surface area contributed by atoms with E-state index in [1.165, 1.54) is 0 Å². The fraction of sp³-hybridized carbons (Fsp3) is 0.468. The fourth-order valence-corrected chi connectivity index (χ4v) is 8.37. The van der Waals surface area contributed by atoms with Crippen LogP contribution in [-0.2, 0) is 27.1 Å². The molecule has 0 bridgehead atoms. The standard InChI is InChI=1S/C47H58N4O5/c1-46(2,3)55-44(53)50-25-19-33(20-26-50)41(29-35-13-7-9-17-39(35)37-15-11-23-48-31-37)43(52)42(34-21-27-51(28-22-34)45(54)56-47(4,5)6)30-36-14-8-10-18-40(36)38-16-12-24-49-32-38/h7-18,23-24,31-34,41-42H,19-22,25-30H2,1-6H3. The summed E-state index contributed by atoms with van der Waals surface area (Å²) in [6.45, 7) is 13.5. The van der Waals surface area contributed by atoms with E-state index in [0.717, 1.165) is 33.4 Å². The predicted octanol–water partition coefficient (Wildman–Crippen LogP) is 9.69. The summed E-state index contributed by atoms with van der Waals surface area (Å²) in [5.74, 6) is -0.165. The summed E-state index contributed by atoms with van der Waals surface area (Å²) < 4.78 is 11.5. The molecule has 4 heterocycles. The van der Waals surface area contributed by atoms with Crippen LogP contribution < -0.4 is 0 Å². The van der Waals surface area contributed by atoms with Crippen LogP contribution in [0, 0.1) is 23.7 Å². The molecule has 9 nitrogen and oxygen atoms in total. The zero-order chi connectivity index (χ0) is 39.9. The molecule has 2 aliphatic heterocycles. The second kappa shape index (κ2) is 17.8. The van der Waals surface area contributed by atoms with Crippen LogP contribution in [0.5, 0.6) is 0 Å². The number of ether oxygens (including phenoxy) is 2. The molecule has 0 N–H and O–H groups in total. The van der Waals surface area contributed by atoms with Gasteiger partial charge in [-0.3, -0.25) is 14.8 Å². The van der Waals surface area contributed by atoms with Crippen molar-refractivity contribution in [1.82, 2.24) is 19.8 Å². The van der Waals surface area contributed by atoms with Gasteiger partial charge >= 0.3 is 12.2 Å². The number of benzene rings is 2. The van der Waals surface area contributed by atoms with Crippen molar-refractivity contribution >= 4 is 18.0 Å². The van der Waals surface area contributed by atoms with Gasteiger partial charge in [0.15, 0.2) is 0 Å². The number of carbonyl (C=O) groups excluding carboxylic acids is 3. The first-order chi connectivity index (χ1) is 26.8. The Labute approximate surface area is 332 Å². The Morgan fingerprint density at radius 3 is 1.30 bits per heavy atom. The van der Waals surface area contributed by atoms with Crippen LogP contribution in [0.15, 0.2) is 97.6 Å². The van der Waals surface area contributed by atoms with Gasteiger partial charge in [0.05, 0.1) is 0 Å². The van der Waals surface area contributed by atoms with Crippen molar-refractivity contribution in [2.45, 2.75) is 91.3 Å². The summed E-state index contributed by atoms with van der Waals surface area (Å²) in [6.07, 6.45) is 10.7. The van der Waals surface area contributed by atoms with Crippen molar-refractivity contribution in [3.8, 4) is 22.3 Å². The first kappa shape index (κ1) is 40.6. The molecule has 0 saturated carbocycles. The molecule has 2 fully saturated rings. The van der Waals surface area contributed by atoms with Crippen LogP contribution >= 0.6 is 0 Å². The summed E-state index contributed by atoms with van der Waals surface area (Å²) in [4.78, 5) is 54.4. The van der Waals surface area contributed by atoms with E-state index in [1.807, 2.05) is 78.2 Å². The normalized spacial score (nSPS) is 16.9. The zero-order valence-corrected chi connectivity index (χ0v) is 33.9. The van der Waals surface area contributed by atoms with E-state index in [2.05, 4.69) is 58.5 Å². The Balaban J connectivity index is 1.35. The lowest BCUT2D eigenvalue weighted by molar-refractivity contribution is -0.131. The van der Waals surface area contributed by atoms with Crippen molar-refractivity contribution in [1.29, 1.82) is 0 Å². The third-order valence-electron chi connectivity index (χ3n) is 11.1. The fourth-order valence-electron chi connectivity index (χ4n) is 8.37. The molecule has 9 heteroatoms. The molecule has 0 spiro atoms. The number of Topliss-reactive ketones (excluding diaryl/α,β-unsaturated/α-hetero) is 1. The summed E-state index contributed by atoms with van der Waals surface area (Å²) in [6, 6.07) is 24.7. The molecule has 0 aliphatic carbocycles. The van der Waals surface area contributed by atoms with Gasteiger partial charge in [0.25, 0.3) is 0 Å². The lowest BCUT2D eigenvalue weighted by Gasteiger charge is -2.40. The van der Waals surface area contributed by atoms with Crippen molar-refractivity contribution in [2.24, 2.45) is 23.7 Å². The molecule has 56 heavy (non-hydrogen) atoms. The first-order valence-corrected chi connectivity index (χ1v) is 20.2. The number of carbonyl (C=O) groups is 3. The molecule has 2 atom stereocenters. The average molecular weight is 759 g/mol. The Bertz CT molecular complexity index is 1780. The molecule has 2 aromatic carbocycles. The van der Waals surface area contributed by atoms with Gasteiger partial charge < -0.3 is 19.3 Å². The second-order valence-corrected chi connectivity index (χ2v) is 17.4. The second-order valence-electron chi connectivity index (χ2n) is 17.4. The molecule has 2 aromatic heterocycles. The van der Waals surface area contributed by atoms with E-state index in [9.17, 15) is 9.59 Å². The number of hydrogen-bond donors (Lipinski definition) is 0. The number of amides is 2. The van der Waals surface area contributed by atoms with E-state index >= 15 is 4.79 Å². The number of rotatable bonds is 10. The van der Waals surface area contributed by atoms with E-state index in [0.29, 0.717) is 64.7 Å². The van der Waals surface area contributed by atoms with Gasteiger partial charge in [0.1, 0.15) is 17.0 Å². The van der Waals surface area contributed by atoms with Crippen LogP contribution in [0.3, 0.4) is 0 Å². The van der Waals surface area contributed by atoms with Gasteiger partial charge in [0, 0.05) is 73.9 Å². The monoisotopic (exact) mass is 758 g/mol. The van der Waals surface area contributed by atoms with Crippen LogP contribution in [0.1, 0.15) is 78.4 Å². The number of nitrogens with zero attached hydrogens (tertiary/aromatic N) is 4. The average Bonchev–Trinajstić information content (AvgIpc) is 3.18. The lowest BCUT2D eigenvalue weighted by atomic mass is 9.69. The maximum absolute atomic E-state index is 15.7. The number of hydrogen-bond acceptors (Lipinski definition) is 7. The quantitative estimate of drug-likeness (QED) is 0.159. The maximum atomic E-state index is 15.7. The highest BCUT2D eigenvalue weighted by molar-refractivity contribution is 5.86. The minimum absolute atomic E-state index is 0.0704. The molecule has 296 valence electrons. The first-order valence-electron chi connectivity index (χ1n) is 20.2. The molecule has 2 amide bonds. The van der Waals surface area contributed by atoms with Gasteiger partial charge in [-0.2, -0.15) is 0 Å². The number of ketones is 1.